The maximum atomic E-state index is 13.2. The van der Waals surface area contributed by atoms with E-state index in [2.05, 4.69) is 5.32 Å². The molecule has 0 bridgehead atoms. The van der Waals surface area contributed by atoms with Gasteiger partial charge in [0.05, 0.1) is 35.4 Å². The van der Waals surface area contributed by atoms with Gasteiger partial charge in [0, 0.05) is 22.9 Å². The Morgan fingerprint density at radius 3 is 2.77 bits per heavy atom. The van der Waals surface area contributed by atoms with Gasteiger partial charge in [-0.3, -0.25) is 19.2 Å². The summed E-state index contributed by atoms with van der Waals surface area (Å²) in [6.07, 6.45) is -2.17. The summed E-state index contributed by atoms with van der Waals surface area (Å²) < 4.78 is 11.9. The van der Waals surface area contributed by atoms with Gasteiger partial charge >= 0.3 is 17.9 Å². The number of amides is 1. The van der Waals surface area contributed by atoms with Gasteiger partial charge in [0.1, 0.15) is 13.2 Å². The first-order valence-corrected chi connectivity index (χ1v) is 10.8. The van der Waals surface area contributed by atoms with Crippen molar-refractivity contribution < 1.29 is 33.8 Å². The number of aromatic nitrogens is 2. The third kappa shape index (κ3) is 4.12. The molecule has 11 nitrogen and oxygen atoms in total. The molecule has 0 fully saturated rings. The number of cyclic esters (lactones) is 1. The monoisotopic (exact) mass is 477 g/mol. The maximum absolute atomic E-state index is 13.2. The van der Waals surface area contributed by atoms with Gasteiger partial charge in [-0.05, 0) is 18.2 Å². The van der Waals surface area contributed by atoms with Crippen molar-refractivity contribution in [2.24, 2.45) is 0 Å². The third-order valence-corrected chi connectivity index (χ3v) is 5.91. The highest BCUT2D eigenvalue weighted by atomic mass is 16.6. The van der Waals surface area contributed by atoms with Crippen LogP contribution in [0.2, 0.25) is 0 Å². The molecular formula is C24H19N3O8. The summed E-state index contributed by atoms with van der Waals surface area (Å²) in [5, 5.41) is 11.8. The molecule has 0 aliphatic carbocycles. The summed E-state index contributed by atoms with van der Waals surface area (Å²) >= 11 is 0. The van der Waals surface area contributed by atoms with Gasteiger partial charge in [-0.25, -0.2) is 9.78 Å². The van der Waals surface area contributed by atoms with Gasteiger partial charge in [0.15, 0.2) is 0 Å². The smallest absolute Gasteiger partial charge is 0.352 e. The van der Waals surface area contributed by atoms with Crippen molar-refractivity contribution in [1.29, 1.82) is 0 Å². The van der Waals surface area contributed by atoms with Gasteiger partial charge in [0.2, 0.25) is 12.0 Å². The zero-order valence-electron chi connectivity index (χ0n) is 18.3. The molecule has 1 aromatic carbocycles. The fourth-order valence-corrected chi connectivity index (χ4v) is 4.22. The summed E-state index contributed by atoms with van der Waals surface area (Å²) in [6, 6.07) is 11.1. The molecule has 178 valence electrons. The number of pyridine rings is 2. The van der Waals surface area contributed by atoms with Crippen LogP contribution in [-0.4, -0.2) is 45.0 Å². The lowest BCUT2D eigenvalue weighted by molar-refractivity contribution is -0.171. The highest BCUT2D eigenvalue weighted by Crippen LogP contribution is 2.36. The van der Waals surface area contributed by atoms with Crippen molar-refractivity contribution in [3.05, 3.63) is 63.4 Å². The number of fused-ring (bicyclic) bond motifs is 5. The Kier molecular flexibility index (Phi) is 5.51. The highest BCUT2D eigenvalue weighted by Gasteiger charge is 2.37. The lowest BCUT2D eigenvalue weighted by atomic mass is 10.00. The number of rotatable bonds is 6. The molecule has 11 heteroatoms. The molecule has 0 saturated carbocycles. The minimum Gasteiger partial charge on any atom is -0.481 e. The molecule has 0 radical (unpaired) electrons. The predicted molar refractivity (Wildman–Crippen MR) is 119 cm³/mol. The quantitative estimate of drug-likeness (QED) is 0.388. The summed E-state index contributed by atoms with van der Waals surface area (Å²) in [5.74, 6) is -3.57. The molecule has 2 N–H and O–H groups in total. The number of carbonyl (C=O) groups excluding carboxylic acids is 3. The van der Waals surface area contributed by atoms with E-state index in [-0.39, 0.29) is 36.1 Å². The summed E-state index contributed by atoms with van der Waals surface area (Å²) in [7, 11) is 0. The lowest BCUT2D eigenvalue weighted by Crippen LogP contribution is -2.37. The minimum atomic E-state index is -1.48. The molecule has 4 heterocycles. The number of esters is 2. The lowest BCUT2D eigenvalue weighted by Gasteiger charge is -2.25. The molecule has 5 rings (SSSR count). The average molecular weight is 477 g/mol. The van der Waals surface area contributed by atoms with Crippen LogP contribution in [0.3, 0.4) is 0 Å². The van der Waals surface area contributed by atoms with E-state index in [0.29, 0.717) is 17.9 Å². The number of carboxylic acid groups (broad SMARTS) is 1. The summed E-state index contributed by atoms with van der Waals surface area (Å²) in [6.45, 7) is -0.508. The first-order chi connectivity index (χ1) is 16.8. The third-order valence-electron chi connectivity index (χ3n) is 5.91. The number of carboxylic acids is 1. The van der Waals surface area contributed by atoms with Crippen molar-refractivity contribution in [3.63, 3.8) is 0 Å². The second kappa shape index (κ2) is 8.67. The summed E-state index contributed by atoms with van der Waals surface area (Å²) in [4.78, 5) is 64.9. The van der Waals surface area contributed by atoms with Gasteiger partial charge in [-0.15, -0.1) is 0 Å². The Morgan fingerprint density at radius 1 is 1.17 bits per heavy atom. The Morgan fingerprint density at radius 2 is 1.97 bits per heavy atom. The molecule has 3 aromatic rings. The maximum Gasteiger partial charge on any atom is 0.352 e. The Balaban J connectivity index is 1.43. The largest absolute Gasteiger partial charge is 0.481 e. The molecule has 2 aliphatic rings. The van der Waals surface area contributed by atoms with Crippen LogP contribution < -0.4 is 10.9 Å². The number of carbonyl (C=O) groups is 4. The fraction of sp³-hybridized carbons (Fsp3) is 0.250. The van der Waals surface area contributed by atoms with E-state index in [1.165, 1.54) is 0 Å². The van der Waals surface area contributed by atoms with E-state index in [9.17, 15) is 24.0 Å². The van der Waals surface area contributed by atoms with Crippen LogP contribution in [0.5, 0.6) is 0 Å². The number of para-hydroxylation sites is 1. The number of aliphatic carboxylic acids is 1. The van der Waals surface area contributed by atoms with Crippen LogP contribution in [-0.2, 0) is 41.8 Å². The van der Waals surface area contributed by atoms with Crippen LogP contribution in [0.15, 0.2) is 41.2 Å². The predicted octanol–water partition coefficient (Wildman–Crippen LogP) is 1.05. The van der Waals surface area contributed by atoms with Crippen molar-refractivity contribution in [3.8, 4) is 11.4 Å². The highest BCUT2D eigenvalue weighted by molar-refractivity contribution is 5.87. The number of nitrogens with zero attached hydrogens (tertiary/aromatic N) is 2. The second-order valence-corrected chi connectivity index (χ2v) is 8.19. The number of hydrogen-bond donors (Lipinski definition) is 2. The standard InChI is InChI=1S/C24H19N3O8/c28-18(5-6-19(29)30)25-9-20(31)35-22-14-8-17-21-13(7-12-3-1-2-4-16(12)26-21)10-27(17)23(32)15(14)11-34-24(22)33/h1-4,7-8,22H,5-6,9-11H2,(H,25,28)(H,29,30). The number of ether oxygens (including phenoxy) is 2. The van der Waals surface area contributed by atoms with E-state index in [1.807, 2.05) is 30.3 Å². The Labute approximate surface area is 197 Å². The SMILES string of the molecule is O=C(O)CCC(=O)NCC(=O)OC1C(=O)OCc2c1cc1n(c2=O)Cc2cc3ccccc3nc2-1. The van der Waals surface area contributed by atoms with Crippen molar-refractivity contribution in [2.45, 2.75) is 32.1 Å². The average Bonchev–Trinajstić information content (AvgIpc) is 3.19. The molecule has 0 spiro atoms. The van der Waals surface area contributed by atoms with E-state index >= 15 is 0 Å². The minimum absolute atomic E-state index is 0.203. The molecule has 2 aromatic heterocycles. The molecular weight excluding hydrogens is 458 g/mol. The van der Waals surface area contributed by atoms with Gasteiger partial charge < -0.3 is 24.5 Å². The normalized spacial score (nSPS) is 15.5. The van der Waals surface area contributed by atoms with Crippen molar-refractivity contribution in [1.82, 2.24) is 14.9 Å². The van der Waals surface area contributed by atoms with E-state index in [0.717, 1.165) is 16.5 Å². The first kappa shape index (κ1) is 22.3. The molecule has 0 saturated heterocycles. The van der Waals surface area contributed by atoms with E-state index in [1.54, 1.807) is 10.6 Å². The zero-order chi connectivity index (χ0) is 24.7. The first-order valence-electron chi connectivity index (χ1n) is 10.8. The number of nitrogens with one attached hydrogen (secondary N) is 1. The summed E-state index contributed by atoms with van der Waals surface area (Å²) in [5.41, 5.74) is 2.78. The van der Waals surface area contributed by atoms with E-state index in [4.69, 9.17) is 19.6 Å². The van der Waals surface area contributed by atoms with Crippen LogP contribution in [0.4, 0.5) is 0 Å². The Hall–Kier alpha value is -4.54. The fourth-order valence-electron chi connectivity index (χ4n) is 4.22. The second-order valence-electron chi connectivity index (χ2n) is 8.19. The molecule has 35 heavy (non-hydrogen) atoms. The molecule has 1 atom stereocenters. The van der Waals surface area contributed by atoms with Crippen LogP contribution in [0, 0.1) is 0 Å². The van der Waals surface area contributed by atoms with Crippen LogP contribution in [0.25, 0.3) is 22.3 Å². The number of hydrogen-bond acceptors (Lipinski definition) is 8. The molecule has 2 aliphatic heterocycles. The molecule has 1 unspecified atom stereocenters. The molecule has 1 amide bonds. The van der Waals surface area contributed by atoms with Gasteiger partial charge in [-0.1, -0.05) is 18.2 Å². The Bertz CT molecular complexity index is 1480. The van der Waals surface area contributed by atoms with Crippen molar-refractivity contribution in [2.75, 3.05) is 6.54 Å². The van der Waals surface area contributed by atoms with Gasteiger partial charge in [0.25, 0.3) is 5.56 Å². The topological polar surface area (TPSA) is 154 Å². The van der Waals surface area contributed by atoms with E-state index < -0.39 is 36.5 Å². The zero-order valence-corrected chi connectivity index (χ0v) is 18.3. The van der Waals surface area contributed by atoms with Crippen LogP contribution in [0.1, 0.15) is 35.6 Å². The van der Waals surface area contributed by atoms with Gasteiger partial charge in [-0.2, -0.15) is 0 Å². The van der Waals surface area contributed by atoms with Crippen LogP contribution >= 0.6 is 0 Å². The van der Waals surface area contributed by atoms with Crippen molar-refractivity contribution >= 4 is 34.7 Å². The number of benzene rings is 1.